The Bertz CT molecular complexity index is 542. The SMILES string of the molecule is CC(=O)NCCNC(=O)COc1ccc(C)cc1C(=O)O. The normalized spacial score (nSPS) is 9.81. The van der Waals surface area contributed by atoms with Crippen LogP contribution in [0.3, 0.4) is 0 Å². The topological polar surface area (TPSA) is 105 Å². The number of carbonyl (C=O) groups excluding carboxylic acids is 2. The molecule has 0 atom stereocenters. The molecule has 0 unspecified atom stereocenters. The molecule has 1 rings (SSSR count). The van der Waals surface area contributed by atoms with E-state index in [0.29, 0.717) is 6.54 Å². The Labute approximate surface area is 122 Å². The second-order valence-electron chi connectivity index (χ2n) is 4.43. The molecule has 114 valence electrons. The number of carboxylic acids is 1. The maximum atomic E-state index is 11.5. The summed E-state index contributed by atoms with van der Waals surface area (Å²) in [6, 6.07) is 4.70. The highest BCUT2D eigenvalue weighted by molar-refractivity contribution is 5.91. The third-order valence-corrected chi connectivity index (χ3v) is 2.55. The van der Waals surface area contributed by atoms with Gasteiger partial charge in [-0.1, -0.05) is 11.6 Å². The van der Waals surface area contributed by atoms with E-state index in [-0.39, 0.29) is 30.4 Å². The minimum atomic E-state index is -1.11. The molecule has 0 heterocycles. The van der Waals surface area contributed by atoms with Crippen LogP contribution in [0.1, 0.15) is 22.8 Å². The van der Waals surface area contributed by atoms with E-state index in [4.69, 9.17) is 9.84 Å². The molecule has 0 fully saturated rings. The predicted octanol–water partition coefficient (Wildman–Crippen LogP) is 0.324. The fourth-order valence-corrected chi connectivity index (χ4v) is 1.57. The van der Waals surface area contributed by atoms with Crippen LogP contribution in [0.5, 0.6) is 5.75 Å². The van der Waals surface area contributed by atoms with Gasteiger partial charge < -0.3 is 20.5 Å². The van der Waals surface area contributed by atoms with Gasteiger partial charge in [0.25, 0.3) is 5.91 Å². The average Bonchev–Trinajstić information content (AvgIpc) is 2.41. The summed E-state index contributed by atoms with van der Waals surface area (Å²) in [5.74, 6) is -1.53. The number of hydrogen-bond donors (Lipinski definition) is 3. The van der Waals surface area contributed by atoms with Crippen LogP contribution in [0.25, 0.3) is 0 Å². The van der Waals surface area contributed by atoms with Crippen molar-refractivity contribution < 1.29 is 24.2 Å². The van der Waals surface area contributed by atoms with E-state index in [9.17, 15) is 14.4 Å². The summed E-state index contributed by atoms with van der Waals surface area (Å²) in [4.78, 5) is 33.2. The fraction of sp³-hybridized carbons (Fsp3) is 0.357. The van der Waals surface area contributed by atoms with Crippen LogP contribution in [-0.2, 0) is 9.59 Å². The molecule has 0 bridgehead atoms. The molecular formula is C14H18N2O5. The smallest absolute Gasteiger partial charge is 0.339 e. The lowest BCUT2D eigenvalue weighted by Crippen LogP contribution is -2.36. The number of rotatable bonds is 7. The van der Waals surface area contributed by atoms with Gasteiger partial charge in [0.15, 0.2) is 6.61 Å². The highest BCUT2D eigenvalue weighted by Gasteiger charge is 2.12. The number of benzene rings is 1. The van der Waals surface area contributed by atoms with E-state index in [1.165, 1.54) is 19.1 Å². The van der Waals surface area contributed by atoms with Gasteiger partial charge in [0, 0.05) is 20.0 Å². The Hall–Kier alpha value is -2.57. The summed E-state index contributed by atoms with van der Waals surface area (Å²) in [6.07, 6.45) is 0. The molecule has 1 aromatic carbocycles. The van der Waals surface area contributed by atoms with Crippen LogP contribution in [0, 0.1) is 6.92 Å². The summed E-state index contributed by atoms with van der Waals surface area (Å²) in [7, 11) is 0. The first-order chi connectivity index (χ1) is 9.90. The first-order valence-corrected chi connectivity index (χ1v) is 6.38. The Morgan fingerprint density at radius 3 is 2.48 bits per heavy atom. The summed E-state index contributed by atoms with van der Waals surface area (Å²) in [5, 5.41) is 14.1. The lowest BCUT2D eigenvalue weighted by Gasteiger charge is -2.10. The van der Waals surface area contributed by atoms with Gasteiger partial charge in [0.1, 0.15) is 11.3 Å². The molecule has 7 heteroatoms. The van der Waals surface area contributed by atoms with Crippen molar-refractivity contribution in [3.8, 4) is 5.75 Å². The minimum absolute atomic E-state index is 0.0149. The Morgan fingerprint density at radius 1 is 1.19 bits per heavy atom. The molecular weight excluding hydrogens is 276 g/mol. The van der Waals surface area contributed by atoms with E-state index >= 15 is 0 Å². The highest BCUT2D eigenvalue weighted by atomic mass is 16.5. The van der Waals surface area contributed by atoms with E-state index in [1.54, 1.807) is 13.0 Å². The summed E-state index contributed by atoms with van der Waals surface area (Å²) in [5.41, 5.74) is 0.806. The number of aryl methyl sites for hydroxylation is 1. The predicted molar refractivity (Wildman–Crippen MR) is 75.3 cm³/mol. The minimum Gasteiger partial charge on any atom is -0.483 e. The average molecular weight is 294 g/mol. The number of nitrogens with one attached hydrogen (secondary N) is 2. The van der Waals surface area contributed by atoms with Crippen LogP contribution in [0.4, 0.5) is 0 Å². The first-order valence-electron chi connectivity index (χ1n) is 6.38. The third-order valence-electron chi connectivity index (χ3n) is 2.55. The Balaban J connectivity index is 2.46. The molecule has 21 heavy (non-hydrogen) atoms. The van der Waals surface area contributed by atoms with Gasteiger partial charge in [0.05, 0.1) is 0 Å². The molecule has 3 N–H and O–H groups in total. The Morgan fingerprint density at radius 2 is 1.86 bits per heavy atom. The lowest BCUT2D eigenvalue weighted by molar-refractivity contribution is -0.123. The maximum Gasteiger partial charge on any atom is 0.339 e. The van der Waals surface area contributed by atoms with Crippen molar-refractivity contribution in [2.75, 3.05) is 19.7 Å². The van der Waals surface area contributed by atoms with Crippen molar-refractivity contribution in [3.05, 3.63) is 29.3 Å². The maximum absolute atomic E-state index is 11.5. The number of carboxylic acid groups (broad SMARTS) is 1. The van der Waals surface area contributed by atoms with Crippen LogP contribution < -0.4 is 15.4 Å². The molecule has 0 aliphatic carbocycles. The van der Waals surface area contributed by atoms with Crippen molar-refractivity contribution in [2.24, 2.45) is 0 Å². The number of carbonyl (C=O) groups is 3. The number of aromatic carboxylic acids is 1. The van der Waals surface area contributed by atoms with E-state index in [2.05, 4.69) is 10.6 Å². The lowest BCUT2D eigenvalue weighted by atomic mass is 10.1. The molecule has 0 aromatic heterocycles. The Kier molecular flexibility index (Phi) is 6.19. The number of amides is 2. The van der Waals surface area contributed by atoms with Crippen molar-refractivity contribution >= 4 is 17.8 Å². The zero-order valence-corrected chi connectivity index (χ0v) is 11.9. The van der Waals surface area contributed by atoms with Gasteiger partial charge in [0.2, 0.25) is 5.91 Å². The van der Waals surface area contributed by atoms with E-state index in [1.807, 2.05) is 0 Å². The monoisotopic (exact) mass is 294 g/mol. The van der Waals surface area contributed by atoms with E-state index < -0.39 is 11.9 Å². The van der Waals surface area contributed by atoms with Gasteiger partial charge in [-0.2, -0.15) is 0 Å². The first kappa shape index (κ1) is 16.5. The second-order valence-corrected chi connectivity index (χ2v) is 4.43. The van der Waals surface area contributed by atoms with Gasteiger partial charge in [-0.05, 0) is 19.1 Å². The van der Waals surface area contributed by atoms with Crippen LogP contribution in [0.15, 0.2) is 18.2 Å². The van der Waals surface area contributed by atoms with Crippen LogP contribution >= 0.6 is 0 Å². The van der Waals surface area contributed by atoms with Gasteiger partial charge >= 0.3 is 5.97 Å². The quantitative estimate of drug-likeness (QED) is 0.628. The van der Waals surface area contributed by atoms with Gasteiger partial charge in [-0.3, -0.25) is 9.59 Å². The zero-order chi connectivity index (χ0) is 15.8. The molecule has 0 radical (unpaired) electrons. The highest BCUT2D eigenvalue weighted by Crippen LogP contribution is 2.19. The number of hydrogen-bond acceptors (Lipinski definition) is 4. The molecule has 0 spiro atoms. The summed E-state index contributed by atoms with van der Waals surface area (Å²) < 4.78 is 5.21. The largest absolute Gasteiger partial charge is 0.483 e. The molecule has 0 aliphatic rings. The fourth-order valence-electron chi connectivity index (χ4n) is 1.57. The second kappa shape index (κ2) is 7.88. The van der Waals surface area contributed by atoms with Crippen molar-refractivity contribution in [1.29, 1.82) is 0 Å². The van der Waals surface area contributed by atoms with Gasteiger partial charge in [-0.15, -0.1) is 0 Å². The van der Waals surface area contributed by atoms with Crippen LogP contribution in [0.2, 0.25) is 0 Å². The molecule has 0 saturated carbocycles. The van der Waals surface area contributed by atoms with Crippen molar-refractivity contribution in [3.63, 3.8) is 0 Å². The number of ether oxygens (including phenoxy) is 1. The summed E-state index contributed by atoms with van der Waals surface area (Å²) >= 11 is 0. The zero-order valence-electron chi connectivity index (χ0n) is 11.9. The standard InChI is InChI=1S/C14H18N2O5/c1-9-3-4-12(11(7-9)14(19)20)21-8-13(18)16-6-5-15-10(2)17/h3-4,7H,5-6,8H2,1-2H3,(H,15,17)(H,16,18)(H,19,20). The molecule has 1 aromatic rings. The molecule has 2 amide bonds. The van der Waals surface area contributed by atoms with Crippen molar-refractivity contribution in [2.45, 2.75) is 13.8 Å². The van der Waals surface area contributed by atoms with Crippen molar-refractivity contribution in [1.82, 2.24) is 10.6 Å². The molecule has 0 aliphatic heterocycles. The van der Waals surface area contributed by atoms with E-state index in [0.717, 1.165) is 5.56 Å². The third kappa shape index (κ3) is 5.94. The van der Waals surface area contributed by atoms with Gasteiger partial charge in [-0.25, -0.2) is 4.79 Å². The molecule has 7 nitrogen and oxygen atoms in total. The van der Waals surface area contributed by atoms with Crippen LogP contribution in [-0.4, -0.2) is 42.6 Å². The summed E-state index contributed by atoms with van der Waals surface area (Å²) in [6.45, 7) is 3.47. The molecule has 0 saturated heterocycles.